The normalized spacial score (nSPS) is 10.9. The molecule has 42 heavy (non-hydrogen) atoms. The van der Waals surface area contributed by atoms with Crippen LogP contribution in [0.1, 0.15) is 16.1 Å². The smallest absolute Gasteiger partial charge is 0.355 e. The average Bonchev–Trinajstić information content (AvgIpc) is 3.02. The number of aromatic nitrogens is 3. The van der Waals surface area contributed by atoms with Gasteiger partial charge in [0.15, 0.2) is 11.5 Å². The van der Waals surface area contributed by atoms with Gasteiger partial charge in [-0.15, -0.1) is 0 Å². The molecule has 5 aromatic rings. The van der Waals surface area contributed by atoms with Gasteiger partial charge in [0.2, 0.25) is 5.75 Å². The number of nitrogens with zero attached hydrogens (tertiary/aromatic N) is 3. The predicted octanol–water partition coefficient (Wildman–Crippen LogP) is 3.66. The number of nitrogens with two attached hydrogens (primary N) is 1. The lowest BCUT2D eigenvalue weighted by atomic mass is 9.97. The number of carbonyl (C=O) groups is 1. The third kappa shape index (κ3) is 4.81. The van der Waals surface area contributed by atoms with Crippen molar-refractivity contribution in [2.24, 2.45) is 0 Å². The second-order valence-corrected chi connectivity index (χ2v) is 9.24. The zero-order valence-electron chi connectivity index (χ0n) is 23.4. The number of methoxy groups -OCH3 is 4. The van der Waals surface area contributed by atoms with Crippen LogP contribution in [0, 0.1) is 0 Å². The van der Waals surface area contributed by atoms with Crippen LogP contribution in [-0.4, -0.2) is 48.5 Å². The lowest BCUT2D eigenvalue weighted by Crippen LogP contribution is -2.32. The van der Waals surface area contributed by atoms with E-state index in [1.54, 1.807) is 60.9 Å². The SMILES string of the molecule is COC(=O)c1c(-c2cc(OC)c(OC)c(OC)c2)c2ccc(=O)n(Cc3ccncc3)c2c(=O)n1-c1ccc(N)cc1. The van der Waals surface area contributed by atoms with Gasteiger partial charge in [-0.1, -0.05) is 0 Å². The number of rotatable bonds is 8. The zero-order valence-corrected chi connectivity index (χ0v) is 23.4. The van der Waals surface area contributed by atoms with Crippen molar-refractivity contribution >= 4 is 22.6 Å². The highest BCUT2D eigenvalue weighted by molar-refractivity contribution is 6.07. The minimum Gasteiger partial charge on any atom is -0.493 e. The van der Waals surface area contributed by atoms with Crippen LogP contribution in [0.5, 0.6) is 17.2 Å². The fourth-order valence-electron chi connectivity index (χ4n) is 4.96. The Bertz CT molecular complexity index is 1890. The van der Waals surface area contributed by atoms with Crippen molar-refractivity contribution in [1.29, 1.82) is 0 Å². The number of pyridine rings is 3. The van der Waals surface area contributed by atoms with Gasteiger partial charge < -0.3 is 24.7 Å². The lowest BCUT2D eigenvalue weighted by Gasteiger charge is -2.22. The molecule has 0 spiro atoms. The van der Waals surface area contributed by atoms with Gasteiger partial charge in [-0.25, -0.2) is 4.79 Å². The standard InChI is InChI=1S/C31H28N4O7/c1-39-23-15-19(16-24(40-2)29(23)41-3)26-22-9-10-25(36)34(17-18-11-13-33-14-12-18)27(22)30(37)35(28(26)31(38)42-4)21-7-5-20(32)6-8-21/h5-16H,17,32H2,1-4H3. The summed E-state index contributed by atoms with van der Waals surface area (Å²) in [5, 5.41) is 0.343. The van der Waals surface area contributed by atoms with Crippen LogP contribution in [0.15, 0.2) is 82.6 Å². The van der Waals surface area contributed by atoms with Crippen molar-refractivity contribution in [2.75, 3.05) is 34.2 Å². The Balaban J connectivity index is 2.02. The van der Waals surface area contributed by atoms with Crippen LogP contribution >= 0.6 is 0 Å². The van der Waals surface area contributed by atoms with Gasteiger partial charge in [0.1, 0.15) is 11.2 Å². The number of fused-ring (bicyclic) bond motifs is 1. The molecule has 0 radical (unpaired) electrons. The van der Waals surface area contributed by atoms with Gasteiger partial charge in [-0.3, -0.25) is 23.7 Å². The van der Waals surface area contributed by atoms with Crippen LogP contribution < -0.4 is 31.1 Å². The second-order valence-electron chi connectivity index (χ2n) is 9.24. The first-order valence-corrected chi connectivity index (χ1v) is 12.8. The minimum absolute atomic E-state index is 0.0665. The molecule has 214 valence electrons. The first-order chi connectivity index (χ1) is 20.3. The summed E-state index contributed by atoms with van der Waals surface area (Å²) in [5.74, 6) is 0.216. The first-order valence-electron chi connectivity index (χ1n) is 12.8. The van der Waals surface area contributed by atoms with E-state index in [0.29, 0.717) is 45.1 Å². The van der Waals surface area contributed by atoms with Crippen LogP contribution in [0.4, 0.5) is 5.69 Å². The number of benzene rings is 2. The average molecular weight is 569 g/mol. The Morgan fingerprint density at radius 3 is 2.07 bits per heavy atom. The Hall–Kier alpha value is -5.58. The van der Waals surface area contributed by atoms with Gasteiger partial charge in [0.05, 0.1) is 35.0 Å². The Kier molecular flexibility index (Phi) is 7.65. The summed E-state index contributed by atoms with van der Waals surface area (Å²) in [6.45, 7) is 0.0853. The van der Waals surface area contributed by atoms with E-state index in [-0.39, 0.29) is 17.8 Å². The summed E-state index contributed by atoms with van der Waals surface area (Å²) in [7, 11) is 5.66. The maximum atomic E-state index is 14.4. The molecular formula is C31H28N4O7. The summed E-state index contributed by atoms with van der Waals surface area (Å²) in [4.78, 5) is 45.4. The molecule has 0 unspecified atom stereocenters. The molecule has 5 rings (SSSR count). The quantitative estimate of drug-likeness (QED) is 0.220. The monoisotopic (exact) mass is 568 g/mol. The number of esters is 1. The fraction of sp³-hybridized carbons (Fsp3) is 0.161. The Labute approximate surface area is 240 Å². The van der Waals surface area contributed by atoms with E-state index in [9.17, 15) is 14.4 Å². The fourth-order valence-corrected chi connectivity index (χ4v) is 4.96. The Morgan fingerprint density at radius 1 is 0.857 bits per heavy atom. The van der Waals surface area contributed by atoms with Crippen molar-refractivity contribution in [2.45, 2.75) is 6.54 Å². The van der Waals surface area contributed by atoms with E-state index >= 15 is 0 Å². The van der Waals surface area contributed by atoms with E-state index in [4.69, 9.17) is 24.7 Å². The van der Waals surface area contributed by atoms with Crippen LogP contribution in [0.2, 0.25) is 0 Å². The van der Waals surface area contributed by atoms with Gasteiger partial charge in [0, 0.05) is 40.8 Å². The molecule has 0 fully saturated rings. The number of anilines is 1. The van der Waals surface area contributed by atoms with Gasteiger partial charge >= 0.3 is 5.97 Å². The number of hydrogen-bond acceptors (Lipinski definition) is 9. The maximum Gasteiger partial charge on any atom is 0.355 e. The molecule has 0 aliphatic heterocycles. The van der Waals surface area contributed by atoms with E-state index in [1.807, 2.05) is 0 Å². The Morgan fingerprint density at radius 2 is 1.50 bits per heavy atom. The molecule has 2 aromatic carbocycles. The largest absolute Gasteiger partial charge is 0.493 e. The first kappa shape index (κ1) is 28.0. The molecule has 3 heterocycles. The van der Waals surface area contributed by atoms with E-state index in [1.165, 1.54) is 49.7 Å². The van der Waals surface area contributed by atoms with Crippen LogP contribution in [0.25, 0.3) is 27.7 Å². The van der Waals surface area contributed by atoms with Crippen molar-refractivity contribution in [1.82, 2.24) is 14.1 Å². The summed E-state index contributed by atoms with van der Waals surface area (Å²) >= 11 is 0. The molecule has 0 saturated heterocycles. The molecule has 11 heteroatoms. The topological polar surface area (TPSA) is 137 Å². The van der Waals surface area contributed by atoms with Gasteiger partial charge in [-0.05, 0) is 65.7 Å². The van der Waals surface area contributed by atoms with Crippen molar-refractivity contribution in [3.05, 3.63) is 105 Å². The molecule has 3 aromatic heterocycles. The van der Waals surface area contributed by atoms with Crippen LogP contribution in [-0.2, 0) is 11.3 Å². The predicted molar refractivity (Wildman–Crippen MR) is 158 cm³/mol. The van der Waals surface area contributed by atoms with E-state index in [0.717, 1.165) is 5.56 Å². The molecule has 11 nitrogen and oxygen atoms in total. The molecule has 2 N–H and O–H groups in total. The molecular weight excluding hydrogens is 540 g/mol. The lowest BCUT2D eigenvalue weighted by molar-refractivity contribution is 0.0591. The molecule has 0 atom stereocenters. The van der Waals surface area contributed by atoms with E-state index in [2.05, 4.69) is 4.98 Å². The second kappa shape index (κ2) is 11.5. The molecule has 0 aliphatic carbocycles. The molecule has 0 bridgehead atoms. The van der Waals surface area contributed by atoms with Gasteiger partial charge in [-0.2, -0.15) is 0 Å². The highest BCUT2D eigenvalue weighted by Crippen LogP contribution is 2.43. The van der Waals surface area contributed by atoms with Gasteiger partial charge in [0.25, 0.3) is 11.1 Å². The zero-order chi connectivity index (χ0) is 30.0. The number of carbonyl (C=O) groups excluding carboxylic acids is 1. The molecule has 0 amide bonds. The maximum absolute atomic E-state index is 14.4. The minimum atomic E-state index is -0.776. The summed E-state index contributed by atoms with van der Waals surface area (Å²) in [6.07, 6.45) is 3.21. The van der Waals surface area contributed by atoms with Crippen LogP contribution in [0.3, 0.4) is 0 Å². The highest BCUT2D eigenvalue weighted by atomic mass is 16.5. The highest BCUT2D eigenvalue weighted by Gasteiger charge is 2.28. The molecule has 0 saturated carbocycles. The third-order valence-electron chi connectivity index (χ3n) is 6.89. The number of hydrogen-bond donors (Lipinski definition) is 1. The van der Waals surface area contributed by atoms with Crippen molar-refractivity contribution in [3.63, 3.8) is 0 Å². The molecule has 0 aliphatic rings. The summed E-state index contributed by atoms with van der Waals surface area (Å²) in [5.41, 5.74) is 7.27. The van der Waals surface area contributed by atoms with Crippen molar-refractivity contribution < 1.29 is 23.7 Å². The van der Waals surface area contributed by atoms with E-state index < -0.39 is 17.1 Å². The number of nitrogen functional groups attached to an aromatic ring is 1. The summed E-state index contributed by atoms with van der Waals surface area (Å²) in [6, 6.07) is 16.2. The third-order valence-corrected chi connectivity index (χ3v) is 6.89. The number of ether oxygens (including phenoxy) is 4. The van der Waals surface area contributed by atoms with Crippen molar-refractivity contribution in [3.8, 4) is 34.1 Å². The summed E-state index contributed by atoms with van der Waals surface area (Å²) < 4.78 is 24.5.